The number of aliphatic imine (C=N–C) groups is 1. The van der Waals surface area contributed by atoms with Crippen LogP contribution >= 0.6 is 0 Å². The van der Waals surface area contributed by atoms with E-state index in [-0.39, 0.29) is 24.6 Å². The molecule has 0 unspecified atom stereocenters. The van der Waals surface area contributed by atoms with E-state index in [2.05, 4.69) is 4.98 Å². The van der Waals surface area contributed by atoms with Crippen LogP contribution in [0.1, 0.15) is 38.3 Å². The third-order valence-corrected chi connectivity index (χ3v) is 5.72. The summed E-state index contributed by atoms with van der Waals surface area (Å²) < 4.78 is 54.5. The summed E-state index contributed by atoms with van der Waals surface area (Å²) >= 11 is 0. The summed E-state index contributed by atoms with van der Waals surface area (Å²) in [6.45, 7) is 3.19. The Kier molecular flexibility index (Phi) is 4.89. The van der Waals surface area contributed by atoms with Crippen LogP contribution < -0.4 is 4.90 Å². The molecule has 150 valence electrons. The number of fused-ring (bicyclic) bond motifs is 1. The molecule has 8 heteroatoms. The molecule has 0 spiro atoms. The summed E-state index contributed by atoms with van der Waals surface area (Å²) in [5.41, 5.74) is 1.59. The Balaban J connectivity index is 1.66. The predicted octanol–water partition coefficient (Wildman–Crippen LogP) is 5.46. The van der Waals surface area contributed by atoms with Crippen molar-refractivity contribution in [3.8, 4) is 0 Å². The zero-order valence-corrected chi connectivity index (χ0v) is 15.6. The molecule has 1 fully saturated rings. The van der Waals surface area contributed by atoms with Gasteiger partial charge in [-0.1, -0.05) is 0 Å². The molecule has 4 rings (SSSR count). The Labute approximate surface area is 160 Å². The molecular weight excluding hydrogens is 372 g/mol. The minimum atomic E-state index is -4.13. The van der Waals surface area contributed by atoms with Gasteiger partial charge in [0, 0.05) is 18.2 Å². The van der Waals surface area contributed by atoms with Crippen molar-refractivity contribution in [3.05, 3.63) is 42.1 Å². The van der Waals surface area contributed by atoms with E-state index in [0.717, 1.165) is 29.6 Å². The van der Waals surface area contributed by atoms with Crippen LogP contribution in [-0.2, 0) is 13.1 Å². The number of aromatic nitrogens is 2. The fourth-order valence-corrected chi connectivity index (χ4v) is 4.12. The van der Waals surface area contributed by atoms with E-state index in [1.165, 1.54) is 12.1 Å². The number of rotatable bonds is 3. The molecule has 0 saturated heterocycles. The van der Waals surface area contributed by atoms with Crippen molar-refractivity contribution in [1.29, 1.82) is 0 Å². The summed E-state index contributed by atoms with van der Waals surface area (Å²) in [5.74, 6) is -0.0921. The topological polar surface area (TPSA) is 33.4 Å². The Morgan fingerprint density at radius 1 is 1.07 bits per heavy atom. The summed E-state index contributed by atoms with van der Waals surface area (Å²) in [4.78, 5) is 11.2. The summed E-state index contributed by atoms with van der Waals surface area (Å²) in [6, 6.07) is 6.11. The van der Waals surface area contributed by atoms with Crippen LogP contribution in [0.2, 0.25) is 0 Å². The van der Waals surface area contributed by atoms with Crippen LogP contribution in [-0.4, -0.2) is 21.6 Å². The number of aryl methyl sites for hydroxylation is 1. The van der Waals surface area contributed by atoms with Gasteiger partial charge < -0.3 is 9.47 Å². The number of hydrogen-bond donors (Lipinski definition) is 0. The van der Waals surface area contributed by atoms with Gasteiger partial charge in [-0.3, -0.25) is 0 Å². The zero-order chi connectivity index (χ0) is 19.9. The largest absolute Gasteiger partial charge is 0.391 e. The smallest absolute Gasteiger partial charge is 0.323 e. The number of imidazole rings is 1. The number of nitrogens with zero attached hydrogens (tertiary/aromatic N) is 4. The van der Waals surface area contributed by atoms with Crippen LogP contribution in [0.25, 0.3) is 0 Å². The van der Waals surface area contributed by atoms with Gasteiger partial charge in [0.05, 0.1) is 18.8 Å². The number of amidine groups is 1. The van der Waals surface area contributed by atoms with Crippen LogP contribution in [0.4, 0.5) is 29.1 Å². The number of halogens is 4. The molecule has 0 bridgehead atoms. The molecular formula is C20H22F4N4. The van der Waals surface area contributed by atoms with Gasteiger partial charge in [-0.05, 0) is 56.9 Å². The third kappa shape index (κ3) is 3.52. The molecule has 1 saturated carbocycles. The highest BCUT2D eigenvalue weighted by Crippen LogP contribution is 2.42. The van der Waals surface area contributed by atoms with E-state index in [1.54, 1.807) is 18.5 Å². The quantitative estimate of drug-likeness (QED) is 0.648. The minimum absolute atomic E-state index is 0.0583. The second kappa shape index (κ2) is 7.22. The highest BCUT2D eigenvalue weighted by Gasteiger charge is 2.43. The molecule has 0 radical (unpaired) electrons. The first-order valence-electron chi connectivity index (χ1n) is 9.59. The van der Waals surface area contributed by atoms with Crippen molar-refractivity contribution < 1.29 is 17.6 Å². The van der Waals surface area contributed by atoms with Crippen LogP contribution in [0, 0.1) is 17.7 Å². The van der Waals surface area contributed by atoms with Gasteiger partial charge >= 0.3 is 6.18 Å². The van der Waals surface area contributed by atoms with Crippen molar-refractivity contribution in [2.75, 3.05) is 4.90 Å². The molecule has 2 heterocycles. The van der Waals surface area contributed by atoms with Crippen LogP contribution in [0.15, 0.2) is 35.6 Å². The maximum atomic E-state index is 13.4. The maximum Gasteiger partial charge on any atom is 0.391 e. The molecule has 1 aliphatic carbocycles. The van der Waals surface area contributed by atoms with Gasteiger partial charge in [0.15, 0.2) is 5.82 Å². The monoisotopic (exact) mass is 394 g/mol. The summed E-state index contributed by atoms with van der Waals surface area (Å²) in [6.07, 6.45) is -1.29. The molecule has 1 aliphatic heterocycles. The van der Waals surface area contributed by atoms with E-state index in [9.17, 15) is 17.6 Å². The highest BCUT2D eigenvalue weighted by molar-refractivity contribution is 6.02. The molecule has 28 heavy (non-hydrogen) atoms. The van der Waals surface area contributed by atoms with Crippen LogP contribution in [0.3, 0.4) is 0 Å². The number of alkyl halides is 3. The van der Waals surface area contributed by atoms with Gasteiger partial charge in [0.25, 0.3) is 0 Å². The van der Waals surface area contributed by atoms with Gasteiger partial charge in [-0.15, -0.1) is 0 Å². The van der Waals surface area contributed by atoms with Crippen molar-refractivity contribution in [1.82, 2.24) is 9.55 Å². The second-order valence-electron chi connectivity index (χ2n) is 7.42. The number of benzene rings is 1. The molecule has 1 aromatic carbocycles. The van der Waals surface area contributed by atoms with Crippen molar-refractivity contribution in [3.63, 3.8) is 0 Å². The summed E-state index contributed by atoms with van der Waals surface area (Å²) in [7, 11) is 0. The van der Waals surface area contributed by atoms with Gasteiger partial charge in [0.2, 0.25) is 0 Å². The SMILES string of the molecule is CCn1cnc2c1N=C(C1CCC(C(F)(F)F)CC1)N(c1ccc(F)cc1)C2. The lowest BCUT2D eigenvalue weighted by molar-refractivity contribution is -0.182. The fourth-order valence-electron chi connectivity index (χ4n) is 4.12. The van der Waals surface area contributed by atoms with Gasteiger partial charge in [-0.2, -0.15) is 13.2 Å². The van der Waals surface area contributed by atoms with E-state index < -0.39 is 12.1 Å². The molecule has 0 N–H and O–H groups in total. The molecule has 0 amide bonds. The summed E-state index contributed by atoms with van der Waals surface area (Å²) in [5, 5.41) is 0. The zero-order valence-electron chi connectivity index (χ0n) is 15.6. The van der Waals surface area contributed by atoms with E-state index in [4.69, 9.17) is 4.99 Å². The Bertz CT molecular complexity index is 861. The first-order chi connectivity index (χ1) is 13.4. The lowest BCUT2D eigenvalue weighted by atomic mass is 9.80. The highest BCUT2D eigenvalue weighted by atomic mass is 19.4. The molecule has 4 nitrogen and oxygen atoms in total. The van der Waals surface area contributed by atoms with E-state index in [1.807, 2.05) is 16.4 Å². The standard InChI is InChI=1S/C20H22F4N4/c1-2-27-12-25-17-11-28(16-9-7-15(21)8-10-16)18(26-19(17)27)13-3-5-14(6-4-13)20(22,23)24/h7-10,12-14H,2-6,11H2,1H3. The lowest BCUT2D eigenvalue weighted by Gasteiger charge is -2.37. The second-order valence-corrected chi connectivity index (χ2v) is 7.42. The first kappa shape index (κ1) is 19.0. The average Bonchev–Trinajstić information content (AvgIpc) is 3.09. The normalized spacial score (nSPS) is 22.8. The van der Waals surface area contributed by atoms with Crippen molar-refractivity contribution in [2.24, 2.45) is 16.8 Å². The Morgan fingerprint density at radius 3 is 2.36 bits per heavy atom. The minimum Gasteiger partial charge on any atom is -0.323 e. The average molecular weight is 394 g/mol. The number of hydrogen-bond acceptors (Lipinski definition) is 3. The maximum absolute atomic E-state index is 13.4. The van der Waals surface area contributed by atoms with Crippen LogP contribution in [0.5, 0.6) is 0 Å². The lowest BCUT2D eigenvalue weighted by Crippen LogP contribution is -2.40. The van der Waals surface area contributed by atoms with Crippen molar-refractivity contribution in [2.45, 2.75) is 51.9 Å². The first-order valence-corrected chi connectivity index (χ1v) is 9.59. The van der Waals surface area contributed by atoms with Gasteiger partial charge in [0.1, 0.15) is 17.3 Å². The third-order valence-electron chi connectivity index (χ3n) is 5.72. The Hall–Kier alpha value is -2.38. The Morgan fingerprint density at radius 2 is 1.75 bits per heavy atom. The molecule has 2 aliphatic rings. The molecule has 2 aromatic rings. The predicted molar refractivity (Wildman–Crippen MR) is 99.1 cm³/mol. The molecule has 0 atom stereocenters. The van der Waals surface area contributed by atoms with E-state index in [0.29, 0.717) is 19.4 Å². The van der Waals surface area contributed by atoms with Gasteiger partial charge in [-0.25, -0.2) is 14.4 Å². The fraction of sp³-hybridized carbons (Fsp3) is 0.500. The van der Waals surface area contributed by atoms with Crippen molar-refractivity contribution >= 4 is 17.3 Å². The number of anilines is 1. The van der Waals surface area contributed by atoms with E-state index >= 15 is 0 Å². The molecule has 1 aromatic heterocycles.